The van der Waals surface area contributed by atoms with Crippen molar-refractivity contribution in [2.45, 2.75) is 12.8 Å². The van der Waals surface area contributed by atoms with E-state index in [2.05, 4.69) is 0 Å². The zero-order valence-electron chi connectivity index (χ0n) is 8.34. The molecule has 0 aromatic heterocycles. The van der Waals surface area contributed by atoms with Crippen LogP contribution in [0, 0.1) is 0 Å². The molecule has 84 valence electrons. The number of carbonyl (C=O) groups is 3. The van der Waals surface area contributed by atoms with Gasteiger partial charge in [-0.25, -0.2) is 0 Å². The molecule has 0 atom stereocenters. The number of aryl methyl sites for hydroxylation is 1. The van der Waals surface area contributed by atoms with E-state index < -0.39 is 5.97 Å². The van der Waals surface area contributed by atoms with Crippen LogP contribution < -0.4 is 0 Å². The number of hydrogen-bond donors (Lipinski definition) is 2. The SMILES string of the molecule is O=Cc1cc(CCC(=O)O)cc(C=O)c1O. The minimum absolute atomic E-state index is 0.00927. The first-order valence-corrected chi connectivity index (χ1v) is 4.56. The first-order valence-electron chi connectivity index (χ1n) is 4.56. The van der Waals surface area contributed by atoms with E-state index in [0.717, 1.165) is 0 Å². The maximum absolute atomic E-state index is 10.6. The average molecular weight is 222 g/mol. The highest BCUT2D eigenvalue weighted by Crippen LogP contribution is 2.22. The predicted molar refractivity (Wildman–Crippen MR) is 54.8 cm³/mol. The first-order chi connectivity index (χ1) is 7.58. The van der Waals surface area contributed by atoms with Gasteiger partial charge in [-0.15, -0.1) is 0 Å². The van der Waals surface area contributed by atoms with E-state index in [4.69, 9.17) is 5.11 Å². The van der Waals surface area contributed by atoms with Gasteiger partial charge < -0.3 is 10.2 Å². The van der Waals surface area contributed by atoms with Gasteiger partial charge in [0.05, 0.1) is 11.1 Å². The van der Waals surface area contributed by atoms with Crippen LogP contribution in [0.3, 0.4) is 0 Å². The number of benzene rings is 1. The van der Waals surface area contributed by atoms with E-state index in [1.54, 1.807) is 0 Å². The van der Waals surface area contributed by atoms with E-state index in [9.17, 15) is 19.5 Å². The summed E-state index contributed by atoms with van der Waals surface area (Å²) in [5, 5.41) is 17.9. The second kappa shape index (κ2) is 5.06. The number of phenolic OH excluding ortho intramolecular Hbond substituents is 1. The van der Waals surface area contributed by atoms with Crippen LogP contribution in [0.25, 0.3) is 0 Å². The van der Waals surface area contributed by atoms with Gasteiger partial charge in [-0.3, -0.25) is 14.4 Å². The second-order valence-corrected chi connectivity index (χ2v) is 3.25. The Morgan fingerprint density at radius 2 is 1.69 bits per heavy atom. The lowest BCUT2D eigenvalue weighted by Gasteiger charge is -2.05. The number of aromatic hydroxyl groups is 1. The molecule has 2 N–H and O–H groups in total. The van der Waals surface area contributed by atoms with Crippen LogP contribution in [0.4, 0.5) is 0 Å². The summed E-state index contributed by atoms with van der Waals surface area (Å²) in [5.74, 6) is -1.34. The highest BCUT2D eigenvalue weighted by Gasteiger charge is 2.09. The highest BCUT2D eigenvalue weighted by molar-refractivity contribution is 5.88. The van der Waals surface area contributed by atoms with Gasteiger partial charge in [-0.1, -0.05) is 0 Å². The number of carbonyl (C=O) groups excluding carboxylic acids is 2. The number of phenols is 1. The fraction of sp³-hybridized carbons (Fsp3) is 0.182. The summed E-state index contributed by atoms with van der Waals surface area (Å²) in [6.07, 6.45) is 0.956. The molecule has 0 aliphatic carbocycles. The van der Waals surface area contributed by atoms with Gasteiger partial charge in [-0.2, -0.15) is 0 Å². The van der Waals surface area contributed by atoms with E-state index in [-0.39, 0.29) is 29.7 Å². The second-order valence-electron chi connectivity index (χ2n) is 3.25. The molecule has 1 rings (SSSR count). The Bertz CT molecular complexity index is 407. The molecule has 0 unspecified atom stereocenters. The van der Waals surface area contributed by atoms with E-state index in [1.165, 1.54) is 12.1 Å². The van der Waals surface area contributed by atoms with Crippen molar-refractivity contribution in [3.05, 3.63) is 28.8 Å². The molecule has 0 spiro atoms. The fourth-order valence-electron chi connectivity index (χ4n) is 1.32. The van der Waals surface area contributed by atoms with Crippen LogP contribution in [-0.4, -0.2) is 28.8 Å². The topological polar surface area (TPSA) is 91.7 Å². The molecular formula is C11H10O5. The molecule has 0 radical (unpaired) electrons. The summed E-state index contributed by atoms with van der Waals surface area (Å²) in [4.78, 5) is 31.5. The molecular weight excluding hydrogens is 212 g/mol. The maximum Gasteiger partial charge on any atom is 0.303 e. The van der Waals surface area contributed by atoms with Crippen molar-refractivity contribution in [2.75, 3.05) is 0 Å². The van der Waals surface area contributed by atoms with Crippen LogP contribution >= 0.6 is 0 Å². The van der Waals surface area contributed by atoms with E-state index in [0.29, 0.717) is 18.1 Å². The first kappa shape index (κ1) is 11.9. The minimum atomic E-state index is -0.964. The molecule has 16 heavy (non-hydrogen) atoms. The van der Waals surface area contributed by atoms with Crippen molar-refractivity contribution in [1.29, 1.82) is 0 Å². The number of aldehydes is 2. The molecule has 0 aliphatic heterocycles. The predicted octanol–water partition coefficient (Wildman–Crippen LogP) is 1.03. The normalized spacial score (nSPS) is 9.75. The Balaban J connectivity index is 3.06. The van der Waals surface area contributed by atoms with Crippen LogP contribution in [0.15, 0.2) is 12.1 Å². The summed E-state index contributed by atoms with van der Waals surface area (Å²) in [6.45, 7) is 0. The number of aliphatic carboxylic acids is 1. The van der Waals surface area contributed by atoms with Crippen molar-refractivity contribution in [1.82, 2.24) is 0 Å². The van der Waals surface area contributed by atoms with Crippen LogP contribution in [0.1, 0.15) is 32.7 Å². The molecule has 0 fully saturated rings. The average Bonchev–Trinajstić information content (AvgIpc) is 2.27. The lowest BCUT2D eigenvalue weighted by atomic mass is 10.0. The number of hydrogen-bond acceptors (Lipinski definition) is 4. The molecule has 5 heteroatoms. The molecule has 0 saturated carbocycles. The van der Waals surface area contributed by atoms with Crippen LogP contribution in [0.5, 0.6) is 5.75 Å². The van der Waals surface area contributed by atoms with Gasteiger partial charge in [0.15, 0.2) is 12.6 Å². The maximum atomic E-state index is 10.6. The van der Waals surface area contributed by atoms with Gasteiger partial charge in [0, 0.05) is 6.42 Å². The van der Waals surface area contributed by atoms with Gasteiger partial charge >= 0.3 is 5.97 Å². The Morgan fingerprint density at radius 1 is 1.19 bits per heavy atom. The molecule has 0 heterocycles. The van der Waals surface area contributed by atoms with Crippen molar-refractivity contribution in [3.8, 4) is 5.75 Å². The third-order valence-corrected chi connectivity index (χ3v) is 2.11. The van der Waals surface area contributed by atoms with Crippen molar-refractivity contribution in [3.63, 3.8) is 0 Å². The molecule has 5 nitrogen and oxygen atoms in total. The van der Waals surface area contributed by atoms with Crippen molar-refractivity contribution in [2.24, 2.45) is 0 Å². The fourth-order valence-corrected chi connectivity index (χ4v) is 1.32. The van der Waals surface area contributed by atoms with Crippen molar-refractivity contribution >= 4 is 18.5 Å². The zero-order chi connectivity index (χ0) is 12.1. The molecule has 0 aliphatic rings. The summed E-state index contributed by atoms with van der Waals surface area (Å²) in [7, 11) is 0. The lowest BCUT2D eigenvalue weighted by molar-refractivity contribution is -0.136. The van der Waals surface area contributed by atoms with Gasteiger partial charge in [0.25, 0.3) is 0 Å². The Morgan fingerprint density at radius 3 is 2.06 bits per heavy atom. The van der Waals surface area contributed by atoms with Crippen molar-refractivity contribution < 1.29 is 24.6 Å². The molecule has 0 amide bonds. The Labute approximate surface area is 91.3 Å². The lowest BCUT2D eigenvalue weighted by Crippen LogP contribution is -1.99. The van der Waals surface area contributed by atoms with Gasteiger partial charge in [0.2, 0.25) is 0 Å². The van der Waals surface area contributed by atoms with E-state index in [1.807, 2.05) is 0 Å². The third kappa shape index (κ3) is 2.66. The third-order valence-electron chi connectivity index (χ3n) is 2.11. The van der Waals surface area contributed by atoms with E-state index >= 15 is 0 Å². The smallest absolute Gasteiger partial charge is 0.303 e. The monoisotopic (exact) mass is 222 g/mol. The zero-order valence-corrected chi connectivity index (χ0v) is 8.34. The summed E-state index contributed by atoms with van der Waals surface area (Å²) in [6, 6.07) is 2.75. The molecule has 1 aromatic carbocycles. The molecule has 0 saturated heterocycles. The number of carboxylic acids is 1. The number of rotatable bonds is 5. The van der Waals surface area contributed by atoms with Crippen LogP contribution in [0.2, 0.25) is 0 Å². The summed E-state index contributed by atoms with van der Waals surface area (Å²) >= 11 is 0. The Kier molecular flexibility index (Phi) is 3.77. The standard InChI is InChI=1S/C11H10O5/c12-5-8-3-7(1-2-10(14)15)4-9(6-13)11(8)16/h3-6,16H,1-2H2,(H,14,15). The number of carboxylic acid groups (broad SMARTS) is 1. The minimum Gasteiger partial charge on any atom is -0.506 e. The largest absolute Gasteiger partial charge is 0.506 e. The summed E-state index contributed by atoms with van der Waals surface area (Å²) in [5.41, 5.74) is 0.513. The quantitative estimate of drug-likeness (QED) is 0.726. The Hall–Kier alpha value is -2.17. The molecule has 1 aromatic rings. The van der Waals surface area contributed by atoms with Gasteiger partial charge in [-0.05, 0) is 24.1 Å². The van der Waals surface area contributed by atoms with Gasteiger partial charge in [0.1, 0.15) is 5.75 Å². The molecule has 0 bridgehead atoms. The summed E-state index contributed by atoms with van der Waals surface area (Å²) < 4.78 is 0. The van der Waals surface area contributed by atoms with Crippen LogP contribution in [-0.2, 0) is 11.2 Å². The highest BCUT2D eigenvalue weighted by atomic mass is 16.4.